The third-order valence-electron chi connectivity index (χ3n) is 5.61. The van der Waals surface area contributed by atoms with Crippen LogP contribution in [-0.4, -0.2) is 46.1 Å². The molecule has 0 radical (unpaired) electrons. The molecule has 0 atom stereocenters. The van der Waals surface area contributed by atoms with Gasteiger partial charge in [0.1, 0.15) is 5.54 Å². The maximum absolute atomic E-state index is 12.9. The van der Waals surface area contributed by atoms with Crippen LogP contribution in [0.4, 0.5) is 0 Å². The van der Waals surface area contributed by atoms with Gasteiger partial charge in [-0.2, -0.15) is 4.98 Å². The van der Waals surface area contributed by atoms with Crippen molar-refractivity contribution in [1.29, 1.82) is 0 Å². The first-order valence-electron chi connectivity index (χ1n) is 9.14. The predicted octanol–water partition coefficient (Wildman–Crippen LogP) is 2.01. The molecule has 1 aliphatic heterocycles. The molecule has 1 aromatic rings. The van der Waals surface area contributed by atoms with E-state index in [0.717, 1.165) is 44.7 Å². The van der Waals surface area contributed by atoms with Crippen molar-refractivity contribution in [3.8, 4) is 0 Å². The highest BCUT2D eigenvalue weighted by Gasteiger charge is 2.46. The van der Waals surface area contributed by atoms with Crippen molar-refractivity contribution >= 4 is 5.91 Å². The Morgan fingerprint density at radius 1 is 1.22 bits per heavy atom. The zero-order valence-corrected chi connectivity index (χ0v) is 13.7. The Bertz CT molecular complexity index is 555. The summed E-state index contributed by atoms with van der Waals surface area (Å²) in [5.41, 5.74) is -0.243. The minimum Gasteiger partial charge on any atom is -0.354 e. The van der Waals surface area contributed by atoms with Gasteiger partial charge in [0.2, 0.25) is 11.8 Å². The van der Waals surface area contributed by atoms with Gasteiger partial charge < -0.3 is 9.84 Å². The molecule has 4 rings (SSSR count). The number of carbonyl (C=O) groups is 1. The zero-order chi connectivity index (χ0) is 15.7. The van der Waals surface area contributed by atoms with Crippen LogP contribution in [0.25, 0.3) is 0 Å². The lowest BCUT2D eigenvalue weighted by molar-refractivity contribution is -0.132. The molecule has 2 heterocycles. The van der Waals surface area contributed by atoms with Crippen molar-refractivity contribution in [2.24, 2.45) is 0 Å². The summed E-state index contributed by atoms with van der Waals surface area (Å²) < 4.78 is 5.26. The number of nitrogens with one attached hydrogen (secondary N) is 1. The molecular weight excluding hydrogens is 292 g/mol. The standard InChI is InChI=1S/C17H26N4O2/c22-16(17(8-1-2-9-17)21-11-3-4-12-21)18-10-7-14-19-15(23-20-14)13-5-6-13/h13H,1-12H2,(H,18,22). The Kier molecular flexibility index (Phi) is 4.09. The Morgan fingerprint density at radius 3 is 2.65 bits per heavy atom. The summed E-state index contributed by atoms with van der Waals surface area (Å²) in [6.45, 7) is 2.74. The van der Waals surface area contributed by atoms with Gasteiger partial charge in [-0.1, -0.05) is 18.0 Å². The molecule has 1 N–H and O–H groups in total. The van der Waals surface area contributed by atoms with E-state index in [1.807, 2.05) is 0 Å². The third kappa shape index (κ3) is 3.01. The van der Waals surface area contributed by atoms with Crippen molar-refractivity contribution in [2.75, 3.05) is 19.6 Å². The van der Waals surface area contributed by atoms with E-state index >= 15 is 0 Å². The van der Waals surface area contributed by atoms with E-state index in [1.54, 1.807) is 0 Å². The van der Waals surface area contributed by atoms with Gasteiger partial charge in [0, 0.05) is 18.9 Å². The fourth-order valence-electron chi connectivity index (χ4n) is 4.11. The lowest BCUT2D eigenvalue weighted by Gasteiger charge is -2.37. The molecule has 2 aliphatic carbocycles. The number of hydrogen-bond donors (Lipinski definition) is 1. The highest BCUT2D eigenvalue weighted by molar-refractivity contribution is 5.86. The van der Waals surface area contributed by atoms with Gasteiger partial charge in [0.15, 0.2) is 5.82 Å². The predicted molar refractivity (Wildman–Crippen MR) is 85.0 cm³/mol. The molecule has 126 valence electrons. The highest BCUT2D eigenvalue weighted by atomic mass is 16.5. The van der Waals surface area contributed by atoms with Crippen LogP contribution in [0.1, 0.15) is 69.0 Å². The van der Waals surface area contributed by atoms with Gasteiger partial charge in [0.05, 0.1) is 0 Å². The maximum Gasteiger partial charge on any atom is 0.240 e. The molecule has 1 aromatic heterocycles. The molecule has 23 heavy (non-hydrogen) atoms. The van der Waals surface area contributed by atoms with Crippen LogP contribution in [0, 0.1) is 0 Å². The lowest BCUT2D eigenvalue weighted by atomic mass is 9.94. The Morgan fingerprint density at radius 2 is 1.96 bits per heavy atom. The van der Waals surface area contributed by atoms with Gasteiger partial charge in [-0.25, -0.2) is 0 Å². The van der Waals surface area contributed by atoms with E-state index in [2.05, 4.69) is 20.4 Å². The lowest BCUT2D eigenvalue weighted by Crippen LogP contribution is -2.56. The van der Waals surface area contributed by atoms with Crippen LogP contribution in [0.5, 0.6) is 0 Å². The van der Waals surface area contributed by atoms with Gasteiger partial charge in [-0.3, -0.25) is 9.69 Å². The molecule has 0 aromatic carbocycles. The maximum atomic E-state index is 12.9. The van der Waals surface area contributed by atoms with E-state index in [4.69, 9.17) is 4.52 Å². The van der Waals surface area contributed by atoms with Crippen molar-refractivity contribution in [3.63, 3.8) is 0 Å². The van der Waals surface area contributed by atoms with E-state index in [1.165, 1.54) is 25.7 Å². The first-order chi connectivity index (χ1) is 11.3. The number of aromatic nitrogens is 2. The minimum atomic E-state index is -0.243. The zero-order valence-electron chi connectivity index (χ0n) is 13.7. The van der Waals surface area contributed by atoms with E-state index < -0.39 is 0 Å². The quantitative estimate of drug-likeness (QED) is 0.869. The summed E-state index contributed by atoms with van der Waals surface area (Å²) in [7, 11) is 0. The number of likely N-dealkylation sites (tertiary alicyclic amines) is 1. The van der Waals surface area contributed by atoms with Crippen molar-refractivity contribution in [1.82, 2.24) is 20.4 Å². The van der Waals surface area contributed by atoms with Gasteiger partial charge in [-0.05, 0) is 51.6 Å². The first-order valence-corrected chi connectivity index (χ1v) is 9.14. The average molecular weight is 318 g/mol. The summed E-state index contributed by atoms with van der Waals surface area (Å²) in [4.78, 5) is 19.7. The summed E-state index contributed by atoms with van der Waals surface area (Å²) in [5, 5.41) is 7.16. The van der Waals surface area contributed by atoms with Crippen LogP contribution < -0.4 is 5.32 Å². The summed E-state index contributed by atoms with van der Waals surface area (Å²) in [6, 6.07) is 0. The third-order valence-corrected chi connectivity index (χ3v) is 5.61. The highest BCUT2D eigenvalue weighted by Crippen LogP contribution is 2.39. The molecule has 1 amide bonds. The molecule has 1 saturated heterocycles. The van der Waals surface area contributed by atoms with Crippen molar-refractivity contribution in [3.05, 3.63) is 11.7 Å². The molecule has 3 aliphatic rings. The largest absolute Gasteiger partial charge is 0.354 e. The fraction of sp³-hybridized carbons (Fsp3) is 0.824. The molecule has 0 spiro atoms. The number of nitrogens with zero attached hydrogens (tertiary/aromatic N) is 3. The second-order valence-electron chi connectivity index (χ2n) is 7.26. The monoisotopic (exact) mass is 318 g/mol. The van der Waals surface area contributed by atoms with Gasteiger partial charge in [-0.15, -0.1) is 0 Å². The Labute approximate surface area is 137 Å². The topological polar surface area (TPSA) is 71.3 Å². The summed E-state index contributed by atoms with van der Waals surface area (Å²) in [5.74, 6) is 2.19. The molecular formula is C17H26N4O2. The Balaban J connectivity index is 1.32. The number of hydrogen-bond acceptors (Lipinski definition) is 5. The second-order valence-corrected chi connectivity index (χ2v) is 7.26. The molecule has 0 unspecified atom stereocenters. The molecule has 0 bridgehead atoms. The fourth-order valence-corrected chi connectivity index (χ4v) is 4.11. The van der Waals surface area contributed by atoms with Crippen LogP contribution in [0.15, 0.2) is 4.52 Å². The average Bonchev–Trinajstić information content (AvgIpc) is 3.04. The Hall–Kier alpha value is -1.43. The van der Waals surface area contributed by atoms with E-state index in [9.17, 15) is 4.79 Å². The van der Waals surface area contributed by atoms with E-state index in [-0.39, 0.29) is 11.4 Å². The van der Waals surface area contributed by atoms with Crippen LogP contribution in [-0.2, 0) is 11.2 Å². The molecule has 3 fully saturated rings. The summed E-state index contributed by atoms with van der Waals surface area (Å²) in [6.07, 6.45) is 9.77. The minimum absolute atomic E-state index is 0.211. The first kappa shape index (κ1) is 15.1. The van der Waals surface area contributed by atoms with Gasteiger partial charge >= 0.3 is 0 Å². The van der Waals surface area contributed by atoms with E-state index in [0.29, 0.717) is 24.7 Å². The van der Waals surface area contributed by atoms with Crippen LogP contribution in [0.3, 0.4) is 0 Å². The summed E-state index contributed by atoms with van der Waals surface area (Å²) >= 11 is 0. The second kappa shape index (κ2) is 6.23. The van der Waals surface area contributed by atoms with Crippen molar-refractivity contribution < 1.29 is 9.32 Å². The normalized spacial score (nSPS) is 24.2. The van der Waals surface area contributed by atoms with Crippen LogP contribution >= 0.6 is 0 Å². The number of carbonyl (C=O) groups excluding carboxylic acids is 1. The molecule has 6 heteroatoms. The molecule has 2 saturated carbocycles. The van der Waals surface area contributed by atoms with Crippen LogP contribution in [0.2, 0.25) is 0 Å². The number of rotatable bonds is 6. The molecule has 6 nitrogen and oxygen atoms in total. The smallest absolute Gasteiger partial charge is 0.240 e. The van der Waals surface area contributed by atoms with Crippen molar-refractivity contribution in [2.45, 2.75) is 69.2 Å². The van der Waals surface area contributed by atoms with Gasteiger partial charge in [0.25, 0.3) is 0 Å². The SMILES string of the molecule is O=C(NCCc1noc(C2CC2)n1)C1(N2CCCC2)CCCC1. The number of amides is 1.